The molecule has 0 aliphatic carbocycles. The van der Waals surface area contributed by atoms with Gasteiger partial charge < -0.3 is 24.3 Å². The van der Waals surface area contributed by atoms with Crippen molar-refractivity contribution in [1.29, 1.82) is 0 Å². The zero-order chi connectivity index (χ0) is 18.9. The number of carbonyl (C=O) groups excluding carboxylic acids is 2. The molecule has 0 radical (unpaired) electrons. The van der Waals surface area contributed by atoms with Crippen molar-refractivity contribution >= 4 is 17.6 Å². The molecule has 26 heavy (non-hydrogen) atoms. The second-order valence-electron chi connectivity index (χ2n) is 5.15. The first kappa shape index (κ1) is 19.1. The predicted molar refractivity (Wildman–Crippen MR) is 96.1 cm³/mol. The molecule has 7 heteroatoms. The third kappa shape index (κ3) is 5.14. The fourth-order valence-electron chi connectivity index (χ4n) is 2.20. The van der Waals surface area contributed by atoms with Crippen LogP contribution in [-0.4, -0.2) is 39.3 Å². The van der Waals surface area contributed by atoms with Crippen LogP contribution in [0.15, 0.2) is 42.5 Å². The zero-order valence-corrected chi connectivity index (χ0v) is 14.9. The van der Waals surface area contributed by atoms with E-state index in [0.717, 1.165) is 0 Å². The van der Waals surface area contributed by atoms with Crippen molar-refractivity contribution in [2.45, 2.75) is 6.92 Å². The van der Waals surface area contributed by atoms with E-state index in [1.54, 1.807) is 42.5 Å². The van der Waals surface area contributed by atoms with E-state index in [1.807, 2.05) is 6.92 Å². The molecule has 7 nitrogen and oxygen atoms in total. The van der Waals surface area contributed by atoms with Crippen molar-refractivity contribution in [3.8, 4) is 17.2 Å². The Kier molecular flexibility index (Phi) is 6.84. The Morgan fingerprint density at radius 3 is 2.27 bits per heavy atom. The van der Waals surface area contributed by atoms with Gasteiger partial charge in [0.15, 0.2) is 6.61 Å². The fraction of sp³-hybridized carbons (Fsp3) is 0.263. The van der Waals surface area contributed by atoms with Gasteiger partial charge in [0, 0.05) is 23.9 Å². The van der Waals surface area contributed by atoms with Gasteiger partial charge in [-0.1, -0.05) is 12.1 Å². The Balaban J connectivity index is 1.98. The van der Waals surface area contributed by atoms with Crippen molar-refractivity contribution in [1.82, 2.24) is 0 Å². The Morgan fingerprint density at radius 1 is 1.00 bits per heavy atom. The van der Waals surface area contributed by atoms with Crippen molar-refractivity contribution < 1.29 is 28.5 Å². The molecule has 1 N–H and O–H groups in total. The summed E-state index contributed by atoms with van der Waals surface area (Å²) in [6.07, 6.45) is 0. The molecule has 0 bridgehead atoms. The van der Waals surface area contributed by atoms with Gasteiger partial charge in [0.2, 0.25) is 0 Å². The van der Waals surface area contributed by atoms with Gasteiger partial charge in [-0.25, -0.2) is 4.79 Å². The molecule has 2 rings (SSSR count). The number of rotatable bonds is 8. The summed E-state index contributed by atoms with van der Waals surface area (Å²) in [7, 11) is 3.02. The molecule has 1 amide bonds. The minimum absolute atomic E-state index is 0.269. The predicted octanol–water partition coefficient (Wildman–Crippen LogP) is 2.90. The molecule has 0 saturated carbocycles. The molecule has 0 aliphatic heterocycles. The number of hydrogen-bond donors (Lipinski definition) is 1. The molecule has 0 atom stereocenters. The van der Waals surface area contributed by atoms with Crippen LogP contribution in [0.25, 0.3) is 0 Å². The zero-order valence-electron chi connectivity index (χ0n) is 14.9. The van der Waals surface area contributed by atoms with E-state index < -0.39 is 18.5 Å². The third-order valence-electron chi connectivity index (χ3n) is 3.38. The summed E-state index contributed by atoms with van der Waals surface area (Å²) in [6, 6.07) is 11.6. The SMILES string of the molecule is CCOc1ccccc1C(=O)OCC(=O)Nc1cc(OC)cc(OC)c1. The van der Waals surface area contributed by atoms with E-state index in [4.69, 9.17) is 18.9 Å². The molecule has 0 spiro atoms. The lowest BCUT2D eigenvalue weighted by molar-refractivity contribution is -0.119. The topological polar surface area (TPSA) is 83.1 Å². The number of esters is 1. The quantitative estimate of drug-likeness (QED) is 0.730. The van der Waals surface area contributed by atoms with Crippen molar-refractivity contribution in [3.05, 3.63) is 48.0 Å². The number of amides is 1. The molecule has 2 aromatic carbocycles. The number of anilines is 1. The maximum absolute atomic E-state index is 12.2. The van der Waals surface area contributed by atoms with Gasteiger partial charge in [-0.3, -0.25) is 4.79 Å². The maximum atomic E-state index is 12.2. The van der Waals surface area contributed by atoms with Crippen LogP contribution in [0, 0.1) is 0 Å². The van der Waals surface area contributed by atoms with Gasteiger partial charge >= 0.3 is 5.97 Å². The summed E-state index contributed by atoms with van der Waals surface area (Å²) >= 11 is 0. The number of para-hydroxylation sites is 1. The summed E-state index contributed by atoms with van der Waals surface area (Å²) < 4.78 is 20.7. The number of nitrogens with one attached hydrogen (secondary N) is 1. The van der Waals surface area contributed by atoms with Crippen LogP contribution in [0.1, 0.15) is 17.3 Å². The number of hydrogen-bond acceptors (Lipinski definition) is 6. The summed E-state index contributed by atoms with van der Waals surface area (Å²) in [5.74, 6) is 0.359. The molecule has 0 unspecified atom stereocenters. The summed E-state index contributed by atoms with van der Waals surface area (Å²) in [6.45, 7) is 1.80. The monoisotopic (exact) mass is 359 g/mol. The first-order chi connectivity index (χ1) is 12.6. The van der Waals surface area contributed by atoms with Crippen LogP contribution < -0.4 is 19.5 Å². The molecule has 0 fully saturated rings. The molecular weight excluding hydrogens is 338 g/mol. The minimum atomic E-state index is -0.632. The highest BCUT2D eigenvalue weighted by molar-refractivity contribution is 5.97. The number of methoxy groups -OCH3 is 2. The van der Waals surface area contributed by atoms with Gasteiger partial charge in [-0.15, -0.1) is 0 Å². The van der Waals surface area contributed by atoms with Crippen LogP contribution in [0.2, 0.25) is 0 Å². The normalized spacial score (nSPS) is 9.96. The third-order valence-corrected chi connectivity index (χ3v) is 3.38. The number of carbonyl (C=O) groups is 2. The van der Waals surface area contributed by atoms with Gasteiger partial charge in [-0.2, -0.15) is 0 Å². The number of ether oxygens (including phenoxy) is 4. The largest absolute Gasteiger partial charge is 0.497 e. The van der Waals surface area contributed by atoms with Crippen LogP contribution in [-0.2, 0) is 9.53 Å². The lowest BCUT2D eigenvalue weighted by Crippen LogP contribution is -2.21. The average molecular weight is 359 g/mol. The van der Waals surface area contributed by atoms with E-state index in [1.165, 1.54) is 14.2 Å². The Bertz CT molecular complexity index is 752. The highest BCUT2D eigenvalue weighted by Crippen LogP contribution is 2.25. The van der Waals surface area contributed by atoms with Crippen LogP contribution in [0.4, 0.5) is 5.69 Å². The van der Waals surface area contributed by atoms with Gasteiger partial charge in [0.25, 0.3) is 5.91 Å². The molecule has 0 saturated heterocycles. The fourth-order valence-corrected chi connectivity index (χ4v) is 2.20. The second kappa shape index (κ2) is 9.31. The van der Waals surface area contributed by atoms with E-state index in [0.29, 0.717) is 29.5 Å². The number of benzene rings is 2. The van der Waals surface area contributed by atoms with Gasteiger partial charge in [0.05, 0.1) is 20.8 Å². The maximum Gasteiger partial charge on any atom is 0.342 e. The smallest absolute Gasteiger partial charge is 0.342 e. The van der Waals surface area contributed by atoms with E-state index >= 15 is 0 Å². The Hall–Kier alpha value is -3.22. The second-order valence-corrected chi connectivity index (χ2v) is 5.15. The van der Waals surface area contributed by atoms with Crippen molar-refractivity contribution in [3.63, 3.8) is 0 Å². The Morgan fingerprint density at radius 2 is 1.65 bits per heavy atom. The molecule has 138 valence electrons. The summed E-state index contributed by atoms with van der Waals surface area (Å²) in [4.78, 5) is 24.2. The minimum Gasteiger partial charge on any atom is -0.497 e. The average Bonchev–Trinajstić information content (AvgIpc) is 2.66. The van der Waals surface area contributed by atoms with E-state index in [2.05, 4.69) is 5.32 Å². The highest BCUT2D eigenvalue weighted by Gasteiger charge is 2.15. The van der Waals surface area contributed by atoms with Crippen LogP contribution >= 0.6 is 0 Å². The molecular formula is C19H21NO6. The first-order valence-corrected chi connectivity index (χ1v) is 7.99. The summed E-state index contributed by atoms with van der Waals surface area (Å²) in [5.41, 5.74) is 0.738. The highest BCUT2D eigenvalue weighted by atomic mass is 16.5. The van der Waals surface area contributed by atoms with Crippen LogP contribution in [0.5, 0.6) is 17.2 Å². The van der Waals surface area contributed by atoms with Crippen molar-refractivity contribution in [2.75, 3.05) is 32.8 Å². The molecule has 0 aliphatic rings. The standard InChI is InChI=1S/C19H21NO6/c1-4-25-17-8-6-5-7-16(17)19(22)26-12-18(21)20-13-9-14(23-2)11-15(10-13)24-3/h5-11H,4,12H2,1-3H3,(H,20,21). The first-order valence-electron chi connectivity index (χ1n) is 7.99. The lowest BCUT2D eigenvalue weighted by Gasteiger charge is -2.11. The summed E-state index contributed by atoms with van der Waals surface area (Å²) in [5, 5.41) is 2.63. The van der Waals surface area contributed by atoms with E-state index in [9.17, 15) is 9.59 Å². The molecule has 0 heterocycles. The molecule has 2 aromatic rings. The molecule has 0 aromatic heterocycles. The van der Waals surface area contributed by atoms with Crippen LogP contribution in [0.3, 0.4) is 0 Å². The van der Waals surface area contributed by atoms with Gasteiger partial charge in [-0.05, 0) is 19.1 Å². The Labute approximate surface area is 151 Å². The van der Waals surface area contributed by atoms with Gasteiger partial charge in [0.1, 0.15) is 22.8 Å². The lowest BCUT2D eigenvalue weighted by atomic mass is 10.2. The van der Waals surface area contributed by atoms with Crippen molar-refractivity contribution in [2.24, 2.45) is 0 Å². The van der Waals surface area contributed by atoms with E-state index in [-0.39, 0.29) is 5.56 Å².